The second-order valence-corrected chi connectivity index (χ2v) is 5.30. The minimum Gasteiger partial charge on any atom is -0.493 e. The third kappa shape index (κ3) is 5.42. The Morgan fingerprint density at radius 1 is 1.24 bits per heavy atom. The maximum absolute atomic E-state index is 5.53. The van der Waals surface area contributed by atoms with Crippen molar-refractivity contribution in [1.82, 2.24) is 5.32 Å². The van der Waals surface area contributed by atoms with Gasteiger partial charge in [-0.1, -0.05) is 24.8 Å². The van der Waals surface area contributed by atoms with Gasteiger partial charge in [-0.3, -0.25) is 0 Å². The number of halogens is 1. The SMILES string of the molecule is C=CCOc1ccc(CNCc2cccs2)cc1OC.Cl. The highest BCUT2D eigenvalue weighted by Gasteiger charge is 2.05. The molecule has 0 radical (unpaired) electrons. The van der Waals surface area contributed by atoms with Crippen molar-refractivity contribution in [3.8, 4) is 11.5 Å². The van der Waals surface area contributed by atoms with Crippen LogP contribution < -0.4 is 14.8 Å². The summed E-state index contributed by atoms with van der Waals surface area (Å²) in [5.74, 6) is 1.50. The fraction of sp³-hybridized carbons (Fsp3) is 0.250. The molecular weight excluding hydrogens is 306 g/mol. The summed E-state index contributed by atoms with van der Waals surface area (Å²) in [4.78, 5) is 1.34. The Labute approximate surface area is 136 Å². The molecule has 114 valence electrons. The van der Waals surface area contributed by atoms with Crippen LogP contribution in [-0.2, 0) is 13.1 Å². The first-order chi connectivity index (χ1) is 9.83. The minimum absolute atomic E-state index is 0. The summed E-state index contributed by atoms with van der Waals surface area (Å²) in [6.45, 7) is 5.80. The molecule has 1 aromatic carbocycles. The van der Waals surface area contributed by atoms with Crippen molar-refractivity contribution in [2.24, 2.45) is 0 Å². The second kappa shape index (κ2) is 9.45. The molecule has 2 aromatic rings. The molecule has 0 saturated carbocycles. The van der Waals surface area contributed by atoms with E-state index in [1.54, 1.807) is 24.5 Å². The monoisotopic (exact) mass is 325 g/mol. The van der Waals surface area contributed by atoms with Crippen LogP contribution in [0.3, 0.4) is 0 Å². The highest BCUT2D eigenvalue weighted by atomic mass is 35.5. The molecule has 2 rings (SSSR count). The molecule has 0 aliphatic rings. The maximum atomic E-state index is 5.53. The van der Waals surface area contributed by atoms with E-state index in [4.69, 9.17) is 9.47 Å². The molecule has 1 aromatic heterocycles. The number of benzene rings is 1. The van der Waals surface area contributed by atoms with Gasteiger partial charge in [-0.05, 0) is 29.1 Å². The normalized spacial score (nSPS) is 9.76. The van der Waals surface area contributed by atoms with Crippen molar-refractivity contribution < 1.29 is 9.47 Å². The topological polar surface area (TPSA) is 30.5 Å². The molecule has 0 fully saturated rings. The van der Waals surface area contributed by atoms with Crippen LogP contribution in [0.25, 0.3) is 0 Å². The second-order valence-electron chi connectivity index (χ2n) is 4.27. The van der Waals surface area contributed by atoms with E-state index in [1.807, 2.05) is 18.2 Å². The van der Waals surface area contributed by atoms with Gasteiger partial charge in [-0.2, -0.15) is 0 Å². The van der Waals surface area contributed by atoms with E-state index in [1.165, 1.54) is 10.4 Å². The molecule has 0 saturated heterocycles. The number of methoxy groups -OCH3 is 1. The smallest absolute Gasteiger partial charge is 0.161 e. The number of hydrogen-bond donors (Lipinski definition) is 1. The molecule has 0 unspecified atom stereocenters. The van der Waals surface area contributed by atoms with E-state index in [0.717, 1.165) is 24.6 Å². The molecule has 0 aliphatic heterocycles. The molecule has 1 N–H and O–H groups in total. The zero-order valence-corrected chi connectivity index (χ0v) is 13.6. The van der Waals surface area contributed by atoms with Crippen LogP contribution >= 0.6 is 23.7 Å². The molecular formula is C16H20ClNO2S. The standard InChI is InChI=1S/C16H19NO2S.ClH/c1-3-8-19-15-7-6-13(10-16(15)18-2)11-17-12-14-5-4-9-20-14;/h3-7,9-10,17H,1,8,11-12H2,2H3;1H. The predicted molar refractivity (Wildman–Crippen MR) is 90.8 cm³/mol. The zero-order chi connectivity index (χ0) is 14.2. The lowest BCUT2D eigenvalue weighted by Gasteiger charge is -2.11. The van der Waals surface area contributed by atoms with Gasteiger partial charge in [0.25, 0.3) is 0 Å². The van der Waals surface area contributed by atoms with Gasteiger partial charge in [0.2, 0.25) is 0 Å². The van der Waals surface area contributed by atoms with Gasteiger partial charge in [-0.15, -0.1) is 23.7 Å². The third-order valence-corrected chi connectivity index (χ3v) is 3.67. The van der Waals surface area contributed by atoms with Crippen LogP contribution in [0.4, 0.5) is 0 Å². The van der Waals surface area contributed by atoms with Crippen LogP contribution in [-0.4, -0.2) is 13.7 Å². The Bertz CT molecular complexity index is 543. The summed E-state index contributed by atoms with van der Waals surface area (Å²) < 4.78 is 10.9. The number of ether oxygens (including phenoxy) is 2. The number of hydrogen-bond acceptors (Lipinski definition) is 4. The largest absolute Gasteiger partial charge is 0.493 e. The van der Waals surface area contributed by atoms with Gasteiger partial charge in [0.1, 0.15) is 6.61 Å². The molecule has 3 nitrogen and oxygen atoms in total. The Balaban J connectivity index is 0.00000220. The van der Waals surface area contributed by atoms with Gasteiger partial charge in [0, 0.05) is 18.0 Å². The summed E-state index contributed by atoms with van der Waals surface area (Å²) in [7, 11) is 1.65. The number of nitrogens with one attached hydrogen (secondary N) is 1. The van der Waals surface area contributed by atoms with E-state index in [9.17, 15) is 0 Å². The molecule has 21 heavy (non-hydrogen) atoms. The van der Waals surface area contributed by atoms with Crippen LogP contribution in [0.2, 0.25) is 0 Å². The number of thiophene rings is 1. The Morgan fingerprint density at radius 2 is 2.10 bits per heavy atom. The van der Waals surface area contributed by atoms with Crippen LogP contribution in [0.5, 0.6) is 11.5 Å². The summed E-state index contributed by atoms with van der Waals surface area (Å²) in [5.41, 5.74) is 1.17. The summed E-state index contributed by atoms with van der Waals surface area (Å²) >= 11 is 1.76. The van der Waals surface area contributed by atoms with Crippen molar-refractivity contribution >= 4 is 23.7 Å². The average Bonchev–Trinajstić information content (AvgIpc) is 2.99. The van der Waals surface area contributed by atoms with E-state index in [-0.39, 0.29) is 12.4 Å². The molecule has 0 amide bonds. The van der Waals surface area contributed by atoms with Gasteiger partial charge >= 0.3 is 0 Å². The van der Waals surface area contributed by atoms with E-state index in [0.29, 0.717) is 6.61 Å². The maximum Gasteiger partial charge on any atom is 0.161 e. The summed E-state index contributed by atoms with van der Waals surface area (Å²) in [6.07, 6.45) is 1.72. The van der Waals surface area contributed by atoms with Crippen molar-refractivity contribution in [1.29, 1.82) is 0 Å². The van der Waals surface area contributed by atoms with Crippen molar-refractivity contribution in [3.05, 3.63) is 58.8 Å². The first-order valence-corrected chi connectivity index (χ1v) is 7.35. The molecule has 1 heterocycles. The average molecular weight is 326 g/mol. The highest BCUT2D eigenvalue weighted by molar-refractivity contribution is 7.09. The third-order valence-electron chi connectivity index (χ3n) is 2.79. The van der Waals surface area contributed by atoms with Crippen molar-refractivity contribution in [3.63, 3.8) is 0 Å². The van der Waals surface area contributed by atoms with Gasteiger partial charge in [0.15, 0.2) is 11.5 Å². The van der Waals surface area contributed by atoms with E-state index >= 15 is 0 Å². The molecule has 0 spiro atoms. The lowest BCUT2D eigenvalue weighted by atomic mass is 10.2. The summed E-state index contributed by atoms with van der Waals surface area (Å²) in [5, 5.41) is 5.50. The Kier molecular flexibility index (Phi) is 7.90. The minimum atomic E-state index is 0. The lowest BCUT2D eigenvalue weighted by Crippen LogP contribution is -2.11. The number of rotatable bonds is 8. The summed E-state index contributed by atoms with van der Waals surface area (Å²) in [6, 6.07) is 10.2. The van der Waals surface area contributed by atoms with Gasteiger partial charge < -0.3 is 14.8 Å². The van der Waals surface area contributed by atoms with Gasteiger partial charge in [0.05, 0.1) is 7.11 Å². The first kappa shape index (κ1) is 17.6. The molecule has 0 aliphatic carbocycles. The van der Waals surface area contributed by atoms with Crippen LogP contribution in [0.15, 0.2) is 48.4 Å². The molecule has 0 bridgehead atoms. The van der Waals surface area contributed by atoms with Crippen molar-refractivity contribution in [2.75, 3.05) is 13.7 Å². The first-order valence-electron chi connectivity index (χ1n) is 6.47. The predicted octanol–water partition coefficient (Wildman–Crippen LogP) is 4.03. The Hall–Kier alpha value is -1.49. The fourth-order valence-electron chi connectivity index (χ4n) is 1.83. The van der Waals surface area contributed by atoms with Crippen LogP contribution in [0.1, 0.15) is 10.4 Å². The van der Waals surface area contributed by atoms with Gasteiger partial charge in [-0.25, -0.2) is 0 Å². The highest BCUT2D eigenvalue weighted by Crippen LogP contribution is 2.28. The molecule has 0 atom stereocenters. The molecule has 5 heteroatoms. The zero-order valence-electron chi connectivity index (χ0n) is 12.0. The fourth-order valence-corrected chi connectivity index (χ4v) is 2.51. The van der Waals surface area contributed by atoms with Crippen LogP contribution in [0, 0.1) is 0 Å². The quantitative estimate of drug-likeness (QED) is 0.743. The lowest BCUT2D eigenvalue weighted by molar-refractivity contribution is 0.326. The van der Waals surface area contributed by atoms with Crippen molar-refractivity contribution in [2.45, 2.75) is 13.1 Å². The Morgan fingerprint density at radius 3 is 2.76 bits per heavy atom. The van der Waals surface area contributed by atoms with E-state index < -0.39 is 0 Å². The van der Waals surface area contributed by atoms with E-state index in [2.05, 4.69) is 29.4 Å².